The lowest BCUT2D eigenvalue weighted by atomic mass is 9.83. The fourth-order valence-electron chi connectivity index (χ4n) is 2.31. The average molecular weight is 306 g/mol. The van der Waals surface area contributed by atoms with E-state index in [9.17, 15) is 9.90 Å². The lowest BCUT2D eigenvalue weighted by Crippen LogP contribution is -2.39. The second-order valence-corrected chi connectivity index (χ2v) is 6.54. The number of rotatable bonds is 6. The number of nitrogens with one attached hydrogen (secondary N) is 1. The van der Waals surface area contributed by atoms with Gasteiger partial charge in [-0.3, -0.25) is 4.79 Å². The second-order valence-electron chi connectivity index (χ2n) is 5.46. The molecule has 0 saturated heterocycles. The minimum Gasteiger partial charge on any atom is -0.399 e. The van der Waals surface area contributed by atoms with Crippen LogP contribution >= 0.6 is 11.3 Å². The molecule has 1 aromatic heterocycles. The number of fused-ring (bicyclic) bond motifs is 1. The van der Waals surface area contributed by atoms with E-state index in [2.05, 4.69) is 5.32 Å². The van der Waals surface area contributed by atoms with Gasteiger partial charge in [-0.15, -0.1) is 11.3 Å². The molecule has 1 amide bonds. The number of aliphatic hydroxyl groups is 1. The standard InChI is InChI=1S/C16H22N2O2S/c1-3-16(4-2,10-19)9-18-15(20)14-8-11-7-12(17)5-6-13(11)21-14/h5-8,19H,3-4,9-10,17H2,1-2H3,(H,18,20). The summed E-state index contributed by atoms with van der Waals surface area (Å²) in [6.07, 6.45) is 1.67. The fourth-order valence-corrected chi connectivity index (χ4v) is 3.27. The van der Waals surface area contributed by atoms with Gasteiger partial charge in [0.25, 0.3) is 5.91 Å². The number of hydrogen-bond acceptors (Lipinski definition) is 4. The van der Waals surface area contributed by atoms with E-state index in [1.54, 1.807) is 0 Å². The Balaban J connectivity index is 2.12. The molecule has 4 nitrogen and oxygen atoms in total. The van der Waals surface area contributed by atoms with Crippen LogP contribution < -0.4 is 11.1 Å². The molecular formula is C16H22N2O2S. The van der Waals surface area contributed by atoms with Crippen molar-refractivity contribution in [2.24, 2.45) is 5.41 Å². The predicted octanol–water partition coefficient (Wildman–Crippen LogP) is 3.01. The predicted molar refractivity (Wildman–Crippen MR) is 88.7 cm³/mol. The quantitative estimate of drug-likeness (QED) is 0.718. The molecule has 0 spiro atoms. The zero-order valence-electron chi connectivity index (χ0n) is 12.5. The number of carbonyl (C=O) groups is 1. The normalized spacial score (nSPS) is 11.8. The highest BCUT2D eigenvalue weighted by molar-refractivity contribution is 7.20. The molecule has 0 saturated carbocycles. The smallest absolute Gasteiger partial charge is 0.261 e. The molecule has 0 atom stereocenters. The van der Waals surface area contributed by atoms with E-state index in [-0.39, 0.29) is 17.9 Å². The van der Waals surface area contributed by atoms with Crippen LogP contribution in [0.15, 0.2) is 24.3 Å². The Morgan fingerprint density at radius 2 is 2.05 bits per heavy atom. The molecule has 0 radical (unpaired) electrons. The van der Waals surface area contributed by atoms with Crippen molar-refractivity contribution in [1.29, 1.82) is 0 Å². The maximum atomic E-state index is 12.3. The second kappa shape index (κ2) is 6.45. The van der Waals surface area contributed by atoms with Crippen molar-refractivity contribution in [3.63, 3.8) is 0 Å². The summed E-state index contributed by atoms with van der Waals surface area (Å²) in [5.74, 6) is -0.0884. The van der Waals surface area contributed by atoms with Crippen LogP contribution in [0, 0.1) is 5.41 Å². The molecule has 0 aliphatic carbocycles. The number of carbonyl (C=O) groups excluding carboxylic acids is 1. The Labute approximate surface area is 129 Å². The van der Waals surface area contributed by atoms with Crippen LogP contribution in [0.4, 0.5) is 5.69 Å². The van der Waals surface area contributed by atoms with Crippen LogP contribution in [0.3, 0.4) is 0 Å². The Hall–Kier alpha value is -1.59. The average Bonchev–Trinajstić information content (AvgIpc) is 2.92. The Morgan fingerprint density at radius 3 is 2.67 bits per heavy atom. The van der Waals surface area contributed by atoms with Crippen LogP contribution in [0.5, 0.6) is 0 Å². The zero-order chi connectivity index (χ0) is 15.5. The topological polar surface area (TPSA) is 75.3 Å². The fraction of sp³-hybridized carbons (Fsp3) is 0.438. The van der Waals surface area contributed by atoms with Gasteiger partial charge in [0.15, 0.2) is 0 Å². The summed E-state index contributed by atoms with van der Waals surface area (Å²) in [7, 11) is 0. The molecule has 2 rings (SSSR count). The van der Waals surface area contributed by atoms with Crippen molar-refractivity contribution in [2.45, 2.75) is 26.7 Å². The van der Waals surface area contributed by atoms with Gasteiger partial charge in [-0.25, -0.2) is 0 Å². The van der Waals surface area contributed by atoms with Crippen molar-refractivity contribution in [3.05, 3.63) is 29.1 Å². The third kappa shape index (κ3) is 3.36. The molecule has 114 valence electrons. The van der Waals surface area contributed by atoms with Gasteiger partial charge in [-0.1, -0.05) is 13.8 Å². The van der Waals surface area contributed by atoms with Crippen molar-refractivity contribution in [1.82, 2.24) is 5.32 Å². The van der Waals surface area contributed by atoms with Gasteiger partial charge in [-0.05, 0) is 42.5 Å². The van der Waals surface area contributed by atoms with Crippen LogP contribution in [0.25, 0.3) is 10.1 Å². The Kier molecular flexibility index (Phi) is 4.85. The summed E-state index contributed by atoms with van der Waals surface area (Å²) in [5.41, 5.74) is 6.23. The summed E-state index contributed by atoms with van der Waals surface area (Å²) >= 11 is 1.46. The largest absolute Gasteiger partial charge is 0.399 e. The highest BCUT2D eigenvalue weighted by Gasteiger charge is 2.26. The van der Waals surface area contributed by atoms with E-state index in [1.807, 2.05) is 38.1 Å². The first kappa shape index (κ1) is 15.8. The molecule has 0 aliphatic heterocycles. The lowest BCUT2D eigenvalue weighted by Gasteiger charge is -2.29. The summed E-state index contributed by atoms with van der Waals surface area (Å²) < 4.78 is 1.05. The molecule has 1 heterocycles. The highest BCUT2D eigenvalue weighted by atomic mass is 32.1. The van der Waals surface area contributed by atoms with E-state index >= 15 is 0 Å². The maximum absolute atomic E-state index is 12.3. The molecule has 2 aromatic rings. The summed E-state index contributed by atoms with van der Waals surface area (Å²) in [6, 6.07) is 7.51. The lowest BCUT2D eigenvalue weighted by molar-refractivity contribution is 0.0854. The van der Waals surface area contributed by atoms with Gasteiger partial charge in [0.1, 0.15) is 0 Å². The molecule has 1 aromatic carbocycles. The Morgan fingerprint density at radius 1 is 1.33 bits per heavy atom. The van der Waals surface area contributed by atoms with Crippen molar-refractivity contribution >= 4 is 33.0 Å². The third-order valence-electron chi connectivity index (χ3n) is 4.22. The van der Waals surface area contributed by atoms with Crippen LogP contribution in [-0.4, -0.2) is 24.2 Å². The van der Waals surface area contributed by atoms with Gasteiger partial charge in [0, 0.05) is 22.3 Å². The molecular weight excluding hydrogens is 284 g/mol. The van der Waals surface area contributed by atoms with E-state index in [1.165, 1.54) is 11.3 Å². The van der Waals surface area contributed by atoms with Crippen LogP contribution in [0.2, 0.25) is 0 Å². The minimum absolute atomic E-state index is 0.0865. The molecule has 0 aliphatic rings. The number of anilines is 1. The third-order valence-corrected chi connectivity index (χ3v) is 5.34. The van der Waals surface area contributed by atoms with E-state index in [0.717, 1.165) is 22.9 Å². The first-order chi connectivity index (χ1) is 10.0. The molecule has 0 fully saturated rings. The van der Waals surface area contributed by atoms with Gasteiger partial charge >= 0.3 is 0 Å². The molecule has 5 heteroatoms. The number of aliphatic hydroxyl groups excluding tert-OH is 1. The molecule has 21 heavy (non-hydrogen) atoms. The van der Waals surface area contributed by atoms with E-state index in [4.69, 9.17) is 5.73 Å². The number of nitrogen functional groups attached to an aromatic ring is 1. The SMILES string of the molecule is CCC(CC)(CO)CNC(=O)c1cc2cc(N)ccc2s1. The van der Waals surface area contributed by atoms with Crippen molar-refractivity contribution < 1.29 is 9.90 Å². The van der Waals surface area contributed by atoms with Gasteiger partial charge < -0.3 is 16.2 Å². The Bertz CT molecular complexity index is 624. The van der Waals surface area contributed by atoms with Crippen LogP contribution in [-0.2, 0) is 0 Å². The van der Waals surface area contributed by atoms with Gasteiger partial charge in [0.05, 0.1) is 11.5 Å². The summed E-state index contributed by atoms with van der Waals surface area (Å²) in [4.78, 5) is 13.0. The van der Waals surface area contributed by atoms with E-state index < -0.39 is 0 Å². The summed E-state index contributed by atoms with van der Waals surface area (Å²) in [6.45, 7) is 4.65. The maximum Gasteiger partial charge on any atom is 0.261 e. The first-order valence-electron chi connectivity index (χ1n) is 7.21. The molecule has 4 N–H and O–H groups in total. The van der Waals surface area contributed by atoms with Crippen molar-refractivity contribution in [3.8, 4) is 0 Å². The number of hydrogen-bond donors (Lipinski definition) is 3. The number of benzene rings is 1. The van der Waals surface area contributed by atoms with Gasteiger partial charge in [0.2, 0.25) is 0 Å². The van der Waals surface area contributed by atoms with Gasteiger partial charge in [-0.2, -0.15) is 0 Å². The molecule has 0 bridgehead atoms. The number of thiophene rings is 1. The monoisotopic (exact) mass is 306 g/mol. The first-order valence-corrected chi connectivity index (χ1v) is 8.03. The number of amides is 1. The zero-order valence-corrected chi connectivity index (χ0v) is 13.3. The van der Waals surface area contributed by atoms with Crippen molar-refractivity contribution in [2.75, 3.05) is 18.9 Å². The highest BCUT2D eigenvalue weighted by Crippen LogP contribution is 2.28. The van der Waals surface area contributed by atoms with E-state index in [0.29, 0.717) is 17.1 Å². The summed E-state index contributed by atoms with van der Waals surface area (Å²) in [5, 5.41) is 13.5. The molecule has 0 unspecified atom stereocenters. The van der Waals surface area contributed by atoms with Crippen LogP contribution in [0.1, 0.15) is 36.4 Å². The number of nitrogens with two attached hydrogens (primary N) is 1. The minimum atomic E-state index is -0.225.